The third-order valence-electron chi connectivity index (χ3n) is 4.99. The van der Waals surface area contributed by atoms with Gasteiger partial charge in [0.05, 0.1) is 0 Å². The highest BCUT2D eigenvalue weighted by Crippen LogP contribution is 2.31. The van der Waals surface area contributed by atoms with Crippen molar-refractivity contribution in [3.63, 3.8) is 0 Å². The number of aromatic amines is 1. The number of hydrogen-bond acceptors (Lipinski definition) is 4. The van der Waals surface area contributed by atoms with E-state index in [0.29, 0.717) is 24.1 Å². The van der Waals surface area contributed by atoms with Crippen LogP contribution >= 0.6 is 11.6 Å². The molecular weight excluding hydrogens is 374 g/mol. The molecule has 1 aliphatic rings. The second-order valence-electron chi connectivity index (χ2n) is 8.18. The summed E-state index contributed by atoms with van der Waals surface area (Å²) in [6.45, 7) is 5.52. The van der Waals surface area contributed by atoms with Crippen molar-refractivity contribution in [1.82, 2.24) is 20.3 Å². The van der Waals surface area contributed by atoms with Crippen LogP contribution in [0.2, 0.25) is 5.15 Å². The molecule has 3 heterocycles. The van der Waals surface area contributed by atoms with Crippen LogP contribution in [0.15, 0.2) is 36.7 Å². The highest BCUT2D eigenvalue weighted by molar-refractivity contribution is 6.29. The van der Waals surface area contributed by atoms with Crippen LogP contribution in [0.4, 0.5) is 5.82 Å². The number of hydrogen-bond donors (Lipinski definition) is 3. The summed E-state index contributed by atoms with van der Waals surface area (Å²) in [7, 11) is 0. The summed E-state index contributed by atoms with van der Waals surface area (Å²) >= 11 is 6.28. The minimum atomic E-state index is -0.112. The average Bonchev–Trinajstić information content (AvgIpc) is 3.43. The van der Waals surface area contributed by atoms with Crippen LogP contribution in [0.1, 0.15) is 26.7 Å². The molecule has 0 atom stereocenters. The largest absolute Gasteiger partial charge is 0.369 e. The van der Waals surface area contributed by atoms with Gasteiger partial charge in [-0.25, -0.2) is 9.97 Å². The van der Waals surface area contributed by atoms with Crippen LogP contribution in [0.25, 0.3) is 22.2 Å². The quantitative estimate of drug-likeness (QED) is 0.520. The molecule has 0 aromatic carbocycles. The Morgan fingerprint density at radius 1 is 1.32 bits per heavy atom. The van der Waals surface area contributed by atoms with E-state index in [0.717, 1.165) is 35.0 Å². The van der Waals surface area contributed by atoms with E-state index in [2.05, 4.69) is 39.4 Å². The van der Waals surface area contributed by atoms with Crippen molar-refractivity contribution in [1.29, 1.82) is 0 Å². The van der Waals surface area contributed by atoms with Gasteiger partial charge in [0.15, 0.2) is 0 Å². The molecule has 0 aliphatic heterocycles. The Morgan fingerprint density at radius 2 is 2.14 bits per heavy atom. The summed E-state index contributed by atoms with van der Waals surface area (Å²) in [5.74, 6) is 1.11. The molecule has 6 nitrogen and oxygen atoms in total. The molecule has 146 valence electrons. The van der Waals surface area contributed by atoms with Gasteiger partial charge in [-0.3, -0.25) is 4.79 Å². The minimum Gasteiger partial charge on any atom is -0.369 e. The predicted octanol–water partition coefficient (Wildman–Crippen LogP) is 4.24. The van der Waals surface area contributed by atoms with E-state index >= 15 is 0 Å². The van der Waals surface area contributed by atoms with E-state index < -0.39 is 0 Å². The van der Waals surface area contributed by atoms with Crippen molar-refractivity contribution in [2.45, 2.75) is 26.7 Å². The highest BCUT2D eigenvalue weighted by atomic mass is 35.5. The molecule has 3 aromatic heterocycles. The van der Waals surface area contributed by atoms with Gasteiger partial charge in [-0.2, -0.15) is 0 Å². The maximum absolute atomic E-state index is 11.9. The molecule has 1 aliphatic carbocycles. The van der Waals surface area contributed by atoms with Crippen molar-refractivity contribution < 1.29 is 4.79 Å². The maximum Gasteiger partial charge on any atom is 0.223 e. The van der Waals surface area contributed by atoms with Crippen LogP contribution in [0.3, 0.4) is 0 Å². The number of halogens is 1. The van der Waals surface area contributed by atoms with Gasteiger partial charge >= 0.3 is 0 Å². The monoisotopic (exact) mass is 397 g/mol. The molecule has 0 saturated heterocycles. The van der Waals surface area contributed by atoms with Gasteiger partial charge in [0.1, 0.15) is 16.6 Å². The van der Waals surface area contributed by atoms with Gasteiger partial charge in [0, 0.05) is 42.4 Å². The lowest BCUT2D eigenvalue weighted by Gasteiger charge is -2.25. The van der Waals surface area contributed by atoms with Gasteiger partial charge in [0.2, 0.25) is 5.91 Å². The van der Waals surface area contributed by atoms with Crippen molar-refractivity contribution in [3.8, 4) is 11.1 Å². The van der Waals surface area contributed by atoms with Crippen LogP contribution in [-0.4, -0.2) is 33.9 Å². The first-order valence-corrected chi connectivity index (χ1v) is 9.91. The Bertz CT molecular complexity index is 1010. The number of nitrogens with zero attached hydrogens (tertiary/aromatic N) is 2. The van der Waals surface area contributed by atoms with Crippen LogP contribution in [0, 0.1) is 11.3 Å². The number of rotatable bonds is 7. The number of aromatic nitrogens is 3. The fourth-order valence-electron chi connectivity index (χ4n) is 3.15. The second kappa shape index (κ2) is 7.43. The Hall–Kier alpha value is -2.60. The number of pyridine rings is 2. The average molecular weight is 398 g/mol. The van der Waals surface area contributed by atoms with Crippen molar-refractivity contribution in [2.24, 2.45) is 11.3 Å². The summed E-state index contributed by atoms with van der Waals surface area (Å²) in [4.78, 5) is 23.8. The van der Waals surface area contributed by atoms with Crippen molar-refractivity contribution >= 4 is 34.4 Å². The highest BCUT2D eigenvalue weighted by Gasteiger charge is 2.30. The zero-order valence-corrected chi connectivity index (χ0v) is 16.8. The van der Waals surface area contributed by atoms with Crippen LogP contribution < -0.4 is 10.6 Å². The summed E-state index contributed by atoms with van der Waals surface area (Å²) < 4.78 is 0. The first-order chi connectivity index (χ1) is 13.4. The Kier molecular flexibility index (Phi) is 4.98. The van der Waals surface area contributed by atoms with E-state index in [9.17, 15) is 4.79 Å². The first-order valence-electron chi connectivity index (χ1n) is 9.53. The molecule has 3 N–H and O–H groups in total. The van der Waals surface area contributed by atoms with Crippen LogP contribution in [-0.2, 0) is 4.79 Å². The number of carbonyl (C=O) groups is 1. The van der Waals surface area contributed by atoms with Gasteiger partial charge < -0.3 is 15.6 Å². The summed E-state index contributed by atoms with van der Waals surface area (Å²) in [5.41, 5.74) is 2.74. The lowest BCUT2D eigenvalue weighted by molar-refractivity contribution is -0.122. The third-order valence-corrected chi connectivity index (χ3v) is 5.19. The van der Waals surface area contributed by atoms with Gasteiger partial charge in [-0.05, 0) is 48.1 Å². The van der Waals surface area contributed by atoms with Gasteiger partial charge in [0.25, 0.3) is 0 Å². The lowest BCUT2D eigenvalue weighted by Crippen LogP contribution is -2.38. The lowest BCUT2D eigenvalue weighted by atomic mass is 9.93. The van der Waals surface area contributed by atoms with E-state index in [1.54, 1.807) is 6.20 Å². The van der Waals surface area contributed by atoms with Gasteiger partial charge in [-0.15, -0.1) is 0 Å². The molecule has 0 radical (unpaired) electrons. The third kappa shape index (κ3) is 4.28. The molecule has 0 spiro atoms. The molecule has 4 rings (SSSR count). The topological polar surface area (TPSA) is 82.7 Å². The standard InChI is InChI=1S/C21H24ClN5O/c1-21(2,12-26-20(28)13-5-6-13)11-25-18-9-14(8-17(22)27-18)16-10-24-19-15(16)4-3-7-23-19/h3-4,7-10,13H,5-6,11-12H2,1-2H3,(H,23,24)(H,25,27)(H,26,28). The second-order valence-corrected chi connectivity index (χ2v) is 8.56. The Labute approximate surface area is 169 Å². The minimum absolute atomic E-state index is 0.112. The van der Waals surface area contributed by atoms with Gasteiger partial charge in [-0.1, -0.05) is 25.4 Å². The Morgan fingerprint density at radius 3 is 2.93 bits per heavy atom. The van der Waals surface area contributed by atoms with E-state index in [1.807, 2.05) is 30.5 Å². The maximum atomic E-state index is 11.9. The molecule has 0 bridgehead atoms. The van der Waals surface area contributed by atoms with Crippen molar-refractivity contribution in [3.05, 3.63) is 41.8 Å². The summed E-state index contributed by atoms with van der Waals surface area (Å²) in [6, 6.07) is 7.78. The van der Waals surface area contributed by atoms with E-state index in [4.69, 9.17) is 11.6 Å². The SMILES string of the molecule is CC(C)(CNC(=O)C1CC1)CNc1cc(-c2c[nH]c3ncccc23)cc(Cl)n1. The summed E-state index contributed by atoms with van der Waals surface area (Å²) in [5, 5.41) is 7.89. The smallest absolute Gasteiger partial charge is 0.223 e. The van der Waals surface area contributed by atoms with E-state index in [-0.39, 0.29) is 17.2 Å². The molecule has 28 heavy (non-hydrogen) atoms. The number of anilines is 1. The fraction of sp³-hybridized carbons (Fsp3) is 0.381. The number of amides is 1. The number of nitrogens with one attached hydrogen (secondary N) is 3. The Balaban J connectivity index is 1.47. The molecule has 3 aromatic rings. The molecule has 1 amide bonds. The van der Waals surface area contributed by atoms with E-state index in [1.165, 1.54) is 0 Å². The predicted molar refractivity (Wildman–Crippen MR) is 112 cm³/mol. The molecule has 0 unspecified atom stereocenters. The number of carbonyl (C=O) groups excluding carboxylic acids is 1. The molecule has 1 fully saturated rings. The van der Waals surface area contributed by atoms with Crippen molar-refractivity contribution in [2.75, 3.05) is 18.4 Å². The number of fused-ring (bicyclic) bond motifs is 1. The molecule has 1 saturated carbocycles. The van der Waals surface area contributed by atoms with Crippen LogP contribution in [0.5, 0.6) is 0 Å². The molecular formula is C21H24ClN5O. The first kappa shape index (κ1) is 18.7. The normalized spacial score (nSPS) is 14.2. The zero-order chi connectivity index (χ0) is 19.7. The summed E-state index contributed by atoms with van der Waals surface area (Å²) in [6.07, 6.45) is 5.73. The zero-order valence-electron chi connectivity index (χ0n) is 16.1. The fourth-order valence-corrected chi connectivity index (χ4v) is 3.35. The number of H-pyrrole nitrogens is 1. The molecule has 7 heteroatoms.